The number of hydrogen-bond acceptors (Lipinski definition) is 14. The van der Waals surface area contributed by atoms with E-state index in [0.717, 1.165) is 34.7 Å². The second-order valence-corrected chi connectivity index (χ2v) is 18.0. The van der Waals surface area contributed by atoms with E-state index in [0.29, 0.717) is 42.1 Å². The molecule has 0 aromatic heterocycles. The molecular weight excluding hydrogens is 721 g/mol. The number of fused-ring (bicyclic) bond motifs is 2. The predicted molar refractivity (Wildman–Crippen MR) is 177 cm³/mol. The normalized spacial score (nSPS) is 18.1. The maximum atomic E-state index is 11.9. The molecular formula is C31H37N2O12S4-3. The van der Waals surface area contributed by atoms with Gasteiger partial charge in [0.25, 0.3) is 0 Å². The molecule has 0 bridgehead atoms. The van der Waals surface area contributed by atoms with Gasteiger partial charge in [0.15, 0.2) is 5.71 Å². The van der Waals surface area contributed by atoms with Crippen molar-refractivity contribution in [1.29, 1.82) is 0 Å². The number of nitrogens with zero attached hydrogens (tertiary/aromatic N) is 2. The summed E-state index contributed by atoms with van der Waals surface area (Å²) in [6.07, 6.45) is 6.60. The van der Waals surface area contributed by atoms with E-state index in [1.807, 2.05) is 67.5 Å². The van der Waals surface area contributed by atoms with Crippen molar-refractivity contribution in [2.45, 2.75) is 74.0 Å². The van der Waals surface area contributed by atoms with Gasteiger partial charge >= 0.3 is 0 Å². The fraction of sp³-hybridized carbons (Fsp3) is 0.452. The van der Waals surface area contributed by atoms with Crippen LogP contribution in [-0.4, -0.2) is 73.8 Å². The molecule has 18 heteroatoms. The highest BCUT2D eigenvalue weighted by Gasteiger charge is 2.45. The van der Waals surface area contributed by atoms with Crippen LogP contribution in [0.4, 0.5) is 11.4 Å². The summed E-state index contributed by atoms with van der Waals surface area (Å²) in [4.78, 5) is 2.15. The maximum Gasteiger partial charge on any atom is 0.209 e. The van der Waals surface area contributed by atoms with Crippen molar-refractivity contribution < 1.29 is 58.1 Å². The molecule has 0 unspecified atom stereocenters. The summed E-state index contributed by atoms with van der Waals surface area (Å²) in [7, 11) is -13.5. The Morgan fingerprint density at radius 2 is 1.49 bits per heavy atom. The summed E-state index contributed by atoms with van der Waals surface area (Å²) in [6.45, 7) is 8.45. The van der Waals surface area contributed by atoms with E-state index < -0.39 is 52.7 Å². The van der Waals surface area contributed by atoms with E-state index in [1.54, 1.807) is 12.1 Å². The molecule has 0 aliphatic carbocycles. The van der Waals surface area contributed by atoms with Crippen LogP contribution < -0.4 is 10.2 Å². The van der Waals surface area contributed by atoms with Gasteiger partial charge in [0.05, 0.1) is 42.6 Å². The molecule has 2 aliphatic heterocycles. The number of rotatable bonds is 16. The quantitative estimate of drug-likeness (QED) is 0.0600. The minimum absolute atomic E-state index is 0.119. The first kappa shape index (κ1) is 39.1. The molecule has 4 rings (SSSR count). The Bertz CT molecular complexity index is 2000. The van der Waals surface area contributed by atoms with Crippen LogP contribution in [0.15, 0.2) is 70.1 Å². The lowest BCUT2D eigenvalue weighted by Crippen LogP contribution is -2.28. The SMILES string of the molecule is CC1(C)C(=CC=CC2=[N+](CCCCS(=O)(=O)[O-])c3ccc(SOO[O-])cc3C2(C)C)N(CCCCS(=O)(=O)[O-])c2ccc(S(=O)(=O)[O-])cc21. The minimum atomic E-state index is -4.74. The first-order chi connectivity index (χ1) is 22.7. The predicted octanol–water partition coefficient (Wildman–Crippen LogP) is 3.09. The number of allylic oxidation sites excluding steroid dienone is 4. The molecule has 2 heterocycles. The fourth-order valence-corrected chi connectivity index (χ4v) is 8.39. The number of anilines is 1. The first-order valence-electron chi connectivity index (χ1n) is 15.2. The van der Waals surface area contributed by atoms with Crippen LogP contribution in [-0.2, 0) is 50.6 Å². The summed E-state index contributed by atoms with van der Waals surface area (Å²) in [5.41, 5.74) is 3.15. The average Bonchev–Trinajstić information content (AvgIpc) is 3.33. The third-order valence-electron chi connectivity index (χ3n) is 8.73. The minimum Gasteiger partial charge on any atom is -0.748 e. The molecule has 270 valence electrons. The molecule has 2 aromatic carbocycles. The van der Waals surface area contributed by atoms with Crippen molar-refractivity contribution in [2.75, 3.05) is 29.5 Å². The number of benzene rings is 2. The lowest BCUT2D eigenvalue weighted by molar-refractivity contribution is -0.777. The van der Waals surface area contributed by atoms with Gasteiger partial charge in [-0.25, -0.2) is 25.3 Å². The van der Waals surface area contributed by atoms with Crippen molar-refractivity contribution in [2.24, 2.45) is 0 Å². The highest BCUT2D eigenvalue weighted by molar-refractivity contribution is 7.94. The fourth-order valence-electron chi connectivity index (χ4n) is 6.38. The third kappa shape index (κ3) is 9.37. The van der Waals surface area contributed by atoms with Crippen molar-refractivity contribution >= 4 is 59.5 Å². The Morgan fingerprint density at radius 3 is 2.10 bits per heavy atom. The summed E-state index contributed by atoms with van der Waals surface area (Å²) in [6, 6.07) is 9.57. The third-order valence-corrected chi connectivity index (χ3v) is 11.7. The standard InChI is InChI=1S/C31H40N2O12S4/c1-30(2)24-20-22(46-45-44-34)12-14-26(24)32(16-5-7-18-47(35,36)37)28(30)10-9-11-29-31(3,4)25-21-23(49(41,42)43)13-15-27(25)33(29)17-6-8-19-48(38,39)40/h9-15,20-21H,5-8,16-19H2,1-4H3,(H3-,34,35,36,37,38,39,40,41,42,43)/p-3. The summed E-state index contributed by atoms with van der Waals surface area (Å²) in [5, 5.41) is 13.9. The summed E-state index contributed by atoms with van der Waals surface area (Å²) < 4.78 is 109. The zero-order chi connectivity index (χ0) is 36.4. The van der Waals surface area contributed by atoms with Gasteiger partial charge in [-0.15, -0.1) is 0 Å². The molecule has 0 atom stereocenters. The van der Waals surface area contributed by atoms with E-state index in [1.165, 1.54) is 12.1 Å². The highest BCUT2D eigenvalue weighted by atomic mass is 32.2. The lowest BCUT2D eigenvalue weighted by Gasteiger charge is -2.27. The van der Waals surface area contributed by atoms with Crippen molar-refractivity contribution in [3.63, 3.8) is 0 Å². The topological polar surface area (TPSA) is 219 Å². The maximum absolute atomic E-state index is 11.9. The van der Waals surface area contributed by atoms with Crippen LogP contribution in [0.3, 0.4) is 0 Å². The molecule has 0 spiro atoms. The average molecular weight is 758 g/mol. The zero-order valence-corrected chi connectivity index (χ0v) is 30.5. The van der Waals surface area contributed by atoms with E-state index in [9.17, 15) is 44.2 Å². The van der Waals surface area contributed by atoms with E-state index in [-0.39, 0.29) is 17.7 Å². The van der Waals surface area contributed by atoms with Crippen LogP contribution in [0, 0.1) is 0 Å². The van der Waals surface area contributed by atoms with Crippen LogP contribution >= 0.6 is 12.0 Å². The number of unbranched alkanes of at least 4 members (excludes halogenated alkanes) is 2. The molecule has 0 N–H and O–H groups in total. The van der Waals surface area contributed by atoms with Gasteiger partial charge in [-0.3, -0.25) is 5.04 Å². The Balaban J connectivity index is 1.75. The first-order valence-corrected chi connectivity index (χ1v) is 20.5. The van der Waals surface area contributed by atoms with Gasteiger partial charge in [-0.1, -0.05) is 19.9 Å². The molecule has 0 saturated heterocycles. The lowest BCUT2D eigenvalue weighted by atomic mass is 9.81. The highest BCUT2D eigenvalue weighted by Crippen LogP contribution is 2.49. The largest absolute Gasteiger partial charge is 0.748 e. The molecule has 0 radical (unpaired) electrons. The van der Waals surface area contributed by atoms with Gasteiger partial charge in [-0.2, -0.15) is 8.91 Å². The van der Waals surface area contributed by atoms with Gasteiger partial charge in [0.2, 0.25) is 5.69 Å². The number of hydrogen-bond donors (Lipinski definition) is 0. The van der Waals surface area contributed by atoms with Gasteiger partial charge in [0, 0.05) is 63.9 Å². The van der Waals surface area contributed by atoms with E-state index >= 15 is 0 Å². The molecule has 0 fully saturated rings. The van der Waals surface area contributed by atoms with Crippen LogP contribution in [0.5, 0.6) is 0 Å². The van der Waals surface area contributed by atoms with Gasteiger partial charge < -0.3 is 23.8 Å². The smallest absolute Gasteiger partial charge is 0.209 e. The van der Waals surface area contributed by atoms with Gasteiger partial charge in [-0.05, 0) is 75.1 Å². The molecule has 14 nitrogen and oxygen atoms in total. The zero-order valence-electron chi connectivity index (χ0n) is 27.3. The van der Waals surface area contributed by atoms with E-state index in [2.05, 4.69) is 9.37 Å². The van der Waals surface area contributed by atoms with E-state index in [4.69, 9.17) is 0 Å². The monoisotopic (exact) mass is 757 g/mol. The van der Waals surface area contributed by atoms with Crippen LogP contribution in [0.2, 0.25) is 0 Å². The second-order valence-electron chi connectivity index (χ2n) is 12.8. The Kier molecular flexibility index (Phi) is 11.9. The molecule has 0 amide bonds. The van der Waals surface area contributed by atoms with Crippen LogP contribution in [0.1, 0.15) is 64.5 Å². The summed E-state index contributed by atoms with van der Waals surface area (Å²) >= 11 is 0.749. The van der Waals surface area contributed by atoms with Gasteiger partial charge in [0.1, 0.15) is 16.7 Å². The molecule has 2 aromatic rings. The Hall–Kier alpha value is -2.65. The molecule has 2 aliphatic rings. The van der Waals surface area contributed by atoms with Crippen molar-refractivity contribution in [1.82, 2.24) is 0 Å². The summed E-state index contributed by atoms with van der Waals surface area (Å²) in [5.74, 6) is -1.01. The second kappa shape index (κ2) is 14.9. The molecule has 0 saturated carbocycles. The molecule has 49 heavy (non-hydrogen) atoms. The Labute approximate surface area is 291 Å². The van der Waals surface area contributed by atoms with Crippen LogP contribution in [0.25, 0.3) is 0 Å². The Morgan fingerprint density at radius 1 is 0.837 bits per heavy atom. The van der Waals surface area contributed by atoms with Crippen molar-refractivity contribution in [3.05, 3.63) is 71.5 Å². The van der Waals surface area contributed by atoms with Crippen molar-refractivity contribution in [3.8, 4) is 0 Å².